The van der Waals surface area contributed by atoms with Crippen molar-refractivity contribution in [3.63, 3.8) is 0 Å². The highest BCUT2D eigenvalue weighted by atomic mass is 16.2. The van der Waals surface area contributed by atoms with Crippen LogP contribution in [-0.2, 0) is 4.79 Å². The number of aromatic nitrogens is 1. The first-order valence-corrected chi connectivity index (χ1v) is 6.97. The Hall–Kier alpha value is -1.62. The maximum absolute atomic E-state index is 12.3. The molecule has 0 spiro atoms. The topological polar surface area (TPSA) is 71.2 Å². The summed E-state index contributed by atoms with van der Waals surface area (Å²) < 4.78 is 0. The molecule has 19 heavy (non-hydrogen) atoms. The van der Waals surface area contributed by atoms with Gasteiger partial charge in [-0.3, -0.25) is 4.79 Å². The van der Waals surface area contributed by atoms with Crippen molar-refractivity contribution in [1.82, 2.24) is 4.98 Å². The van der Waals surface area contributed by atoms with Gasteiger partial charge in [-0.15, -0.1) is 0 Å². The number of amides is 1. The second-order valence-corrected chi connectivity index (χ2v) is 5.51. The van der Waals surface area contributed by atoms with E-state index in [0.717, 1.165) is 37.4 Å². The lowest BCUT2D eigenvalue weighted by Gasteiger charge is -2.21. The lowest BCUT2D eigenvalue weighted by Crippen LogP contribution is -2.31. The third-order valence-corrected chi connectivity index (χ3v) is 4.17. The van der Waals surface area contributed by atoms with E-state index in [1.54, 1.807) is 6.20 Å². The first-order chi connectivity index (χ1) is 9.25. The minimum atomic E-state index is -0.321. The fourth-order valence-electron chi connectivity index (χ4n) is 2.61. The molecule has 1 aromatic rings. The largest absolute Gasteiger partial charge is 0.355 e. The van der Waals surface area contributed by atoms with E-state index in [2.05, 4.69) is 15.2 Å². The van der Waals surface area contributed by atoms with Crippen LogP contribution in [0.4, 0.5) is 11.5 Å². The molecule has 0 radical (unpaired) electrons. The van der Waals surface area contributed by atoms with Crippen LogP contribution in [0.25, 0.3) is 0 Å². The van der Waals surface area contributed by atoms with Gasteiger partial charge >= 0.3 is 0 Å². The van der Waals surface area contributed by atoms with Gasteiger partial charge in [0.05, 0.1) is 11.1 Å². The molecule has 5 heteroatoms. The minimum Gasteiger partial charge on any atom is -0.355 e. The van der Waals surface area contributed by atoms with Crippen molar-refractivity contribution < 1.29 is 4.79 Å². The predicted octanol–water partition coefficient (Wildman–Crippen LogP) is 1.36. The van der Waals surface area contributed by atoms with E-state index in [4.69, 9.17) is 5.73 Å². The Morgan fingerprint density at radius 1 is 1.42 bits per heavy atom. The van der Waals surface area contributed by atoms with E-state index >= 15 is 0 Å². The summed E-state index contributed by atoms with van der Waals surface area (Å²) in [4.78, 5) is 18.9. The standard InChI is InChI=1S/C14H20N4O/c15-10-14(5-6-14)13(19)17-11-4-3-7-16-12(11)18-8-1-2-9-18/h3-4,7H,1-2,5-6,8-10,15H2,(H,17,19). The molecule has 0 aromatic carbocycles. The molecule has 1 aliphatic heterocycles. The second kappa shape index (κ2) is 4.81. The SMILES string of the molecule is NCC1(C(=O)Nc2cccnc2N2CCCC2)CC1. The third-order valence-electron chi connectivity index (χ3n) is 4.17. The van der Waals surface area contributed by atoms with Gasteiger partial charge in [0, 0.05) is 25.8 Å². The average molecular weight is 260 g/mol. The first kappa shape index (κ1) is 12.4. The van der Waals surface area contributed by atoms with Crippen molar-refractivity contribution in [2.45, 2.75) is 25.7 Å². The lowest BCUT2D eigenvalue weighted by atomic mass is 10.1. The number of hydrogen-bond acceptors (Lipinski definition) is 4. The van der Waals surface area contributed by atoms with Gasteiger partial charge in [-0.2, -0.15) is 0 Å². The van der Waals surface area contributed by atoms with Gasteiger partial charge in [0.1, 0.15) is 0 Å². The second-order valence-electron chi connectivity index (χ2n) is 5.51. The maximum atomic E-state index is 12.3. The van der Waals surface area contributed by atoms with E-state index in [0.29, 0.717) is 6.54 Å². The molecule has 1 saturated heterocycles. The number of carbonyl (C=O) groups excluding carboxylic acids is 1. The molecule has 5 nitrogen and oxygen atoms in total. The number of nitrogens with two attached hydrogens (primary N) is 1. The monoisotopic (exact) mass is 260 g/mol. The van der Waals surface area contributed by atoms with Gasteiger partial charge in [0.25, 0.3) is 0 Å². The molecule has 2 aliphatic rings. The van der Waals surface area contributed by atoms with Crippen LogP contribution in [0.15, 0.2) is 18.3 Å². The molecule has 0 unspecified atom stereocenters. The van der Waals surface area contributed by atoms with Crippen LogP contribution >= 0.6 is 0 Å². The van der Waals surface area contributed by atoms with E-state index < -0.39 is 0 Å². The molecule has 102 valence electrons. The normalized spacial score (nSPS) is 20.4. The zero-order valence-electron chi connectivity index (χ0n) is 11.1. The summed E-state index contributed by atoms with van der Waals surface area (Å²) in [5.41, 5.74) is 6.19. The number of rotatable bonds is 4. The average Bonchev–Trinajstić information content (AvgIpc) is 3.06. The number of carbonyl (C=O) groups is 1. The minimum absolute atomic E-state index is 0.0449. The van der Waals surface area contributed by atoms with E-state index in [1.807, 2.05) is 12.1 Å². The van der Waals surface area contributed by atoms with Crippen LogP contribution in [0.3, 0.4) is 0 Å². The Balaban J connectivity index is 1.79. The zero-order chi connectivity index (χ0) is 13.3. The molecule has 2 fully saturated rings. The summed E-state index contributed by atoms with van der Waals surface area (Å²) in [5, 5.41) is 3.02. The molecule has 2 heterocycles. The smallest absolute Gasteiger partial charge is 0.231 e. The van der Waals surface area contributed by atoms with E-state index in [-0.39, 0.29) is 11.3 Å². The van der Waals surface area contributed by atoms with Crippen LogP contribution in [0, 0.1) is 5.41 Å². The van der Waals surface area contributed by atoms with Gasteiger partial charge in [-0.05, 0) is 37.8 Å². The molecule has 0 bridgehead atoms. The number of anilines is 2. The molecule has 1 saturated carbocycles. The lowest BCUT2D eigenvalue weighted by molar-refractivity contribution is -0.120. The molecule has 3 rings (SSSR count). The number of nitrogens with one attached hydrogen (secondary N) is 1. The van der Waals surface area contributed by atoms with Crippen molar-refractivity contribution in [3.05, 3.63) is 18.3 Å². The highest BCUT2D eigenvalue weighted by molar-refractivity contribution is 5.99. The molecule has 3 N–H and O–H groups in total. The summed E-state index contributed by atoms with van der Waals surface area (Å²) in [6, 6.07) is 3.78. The predicted molar refractivity (Wildman–Crippen MR) is 75.0 cm³/mol. The van der Waals surface area contributed by atoms with Crippen molar-refractivity contribution in [3.8, 4) is 0 Å². The Labute approximate surface area is 113 Å². The van der Waals surface area contributed by atoms with Crippen LogP contribution in [0.5, 0.6) is 0 Å². The summed E-state index contributed by atoms with van der Waals surface area (Å²) in [6.07, 6.45) is 5.95. The first-order valence-electron chi connectivity index (χ1n) is 6.97. The van der Waals surface area contributed by atoms with Gasteiger partial charge in [0.15, 0.2) is 5.82 Å². The van der Waals surface area contributed by atoms with Crippen molar-refractivity contribution in [1.29, 1.82) is 0 Å². The Bertz CT molecular complexity index is 478. The summed E-state index contributed by atoms with van der Waals surface area (Å²) in [7, 11) is 0. The van der Waals surface area contributed by atoms with Gasteiger partial charge in [-0.1, -0.05) is 0 Å². The highest BCUT2D eigenvalue weighted by Crippen LogP contribution is 2.45. The third kappa shape index (κ3) is 2.30. The van der Waals surface area contributed by atoms with E-state index in [1.165, 1.54) is 12.8 Å². The van der Waals surface area contributed by atoms with Crippen molar-refractivity contribution >= 4 is 17.4 Å². The van der Waals surface area contributed by atoms with Gasteiger partial charge < -0.3 is 16.0 Å². The fraction of sp³-hybridized carbons (Fsp3) is 0.571. The molecule has 1 amide bonds. The Morgan fingerprint density at radius 3 is 2.79 bits per heavy atom. The maximum Gasteiger partial charge on any atom is 0.231 e. The summed E-state index contributed by atoms with van der Waals surface area (Å²) in [6.45, 7) is 2.46. The molecule has 1 aromatic heterocycles. The number of nitrogens with zero attached hydrogens (tertiary/aromatic N) is 2. The Morgan fingerprint density at radius 2 is 2.16 bits per heavy atom. The highest BCUT2D eigenvalue weighted by Gasteiger charge is 2.48. The van der Waals surface area contributed by atoms with Crippen LogP contribution in [0.2, 0.25) is 0 Å². The van der Waals surface area contributed by atoms with Gasteiger partial charge in [0.2, 0.25) is 5.91 Å². The van der Waals surface area contributed by atoms with Gasteiger partial charge in [-0.25, -0.2) is 4.98 Å². The van der Waals surface area contributed by atoms with Crippen molar-refractivity contribution in [2.24, 2.45) is 11.1 Å². The number of hydrogen-bond donors (Lipinski definition) is 2. The fourth-order valence-corrected chi connectivity index (χ4v) is 2.61. The number of pyridine rings is 1. The van der Waals surface area contributed by atoms with Crippen LogP contribution < -0.4 is 16.0 Å². The van der Waals surface area contributed by atoms with Crippen LogP contribution in [0.1, 0.15) is 25.7 Å². The van der Waals surface area contributed by atoms with E-state index in [9.17, 15) is 4.79 Å². The molecule has 0 atom stereocenters. The zero-order valence-corrected chi connectivity index (χ0v) is 11.1. The summed E-state index contributed by atoms with van der Waals surface area (Å²) >= 11 is 0. The summed E-state index contributed by atoms with van der Waals surface area (Å²) in [5.74, 6) is 0.935. The van der Waals surface area contributed by atoms with Crippen LogP contribution in [-0.4, -0.2) is 30.5 Å². The molecular formula is C14H20N4O. The van der Waals surface area contributed by atoms with Crippen molar-refractivity contribution in [2.75, 3.05) is 29.9 Å². The quantitative estimate of drug-likeness (QED) is 0.857. The molecule has 1 aliphatic carbocycles. The Kier molecular flexibility index (Phi) is 3.14. The molecular weight excluding hydrogens is 240 g/mol.